The van der Waals surface area contributed by atoms with Crippen LogP contribution in [0, 0.1) is 5.82 Å². The summed E-state index contributed by atoms with van der Waals surface area (Å²) in [5.41, 5.74) is 0.440. The molecule has 2 rings (SSSR count). The molecule has 0 saturated heterocycles. The van der Waals surface area contributed by atoms with E-state index in [1.807, 2.05) is 0 Å². The van der Waals surface area contributed by atoms with Gasteiger partial charge in [0.2, 0.25) is 5.88 Å². The number of nitrogens with zero attached hydrogens (tertiary/aromatic N) is 2. The van der Waals surface area contributed by atoms with Crippen molar-refractivity contribution in [2.24, 2.45) is 0 Å². The number of hydrogen-bond acceptors (Lipinski definition) is 4. The Hall–Kier alpha value is -1.53. The van der Waals surface area contributed by atoms with Crippen LogP contribution in [0.5, 0.6) is 11.6 Å². The maximum Gasteiger partial charge on any atom is 0.238 e. The van der Waals surface area contributed by atoms with Gasteiger partial charge in [0.1, 0.15) is 11.6 Å². The van der Waals surface area contributed by atoms with E-state index in [-0.39, 0.29) is 12.5 Å². The van der Waals surface area contributed by atoms with Crippen LogP contribution in [0.2, 0.25) is 0 Å². The minimum absolute atomic E-state index is 0.184. The van der Waals surface area contributed by atoms with Gasteiger partial charge in [-0.05, 0) is 34.1 Å². The predicted molar refractivity (Wildman–Crippen MR) is 62.1 cm³/mol. The van der Waals surface area contributed by atoms with Crippen LogP contribution in [0.15, 0.2) is 34.8 Å². The molecule has 0 aliphatic rings. The SMILES string of the molecule is OCc1ccc(Oc2cc(F)ccc2Br)nn1. The number of benzene rings is 1. The summed E-state index contributed by atoms with van der Waals surface area (Å²) in [6, 6.07) is 7.23. The molecule has 6 heteroatoms. The molecule has 1 aromatic carbocycles. The third-order valence-corrected chi connectivity index (χ3v) is 2.62. The van der Waals surface area contributed by atoms with E-state index in [2.05, 4.69) is 26.1 Å². The highest BCUT2D eigenvalue weighted by molar-refractivity contribution is 9.10. The molecule has 0 amide bonds. The fourth-order valence-electron chi connectivity index (χ4n) is 1.15. The second kappa shape index (κ2) is 5.20. The van der Waals surface area contributed by atoms with Crippen LogP contribution in [-0.4, -0.2) is 15.3 Å². The van der Waals surface area contributed by atoms with Crippen molar-refractivity contribution in [3.63, 3.8) is 0 Å². The summed E-state index contributed by atoms with van der Waals surface area (Å²) < 4.78 is 19.0. The lowest BCUT2D eigenvalue weighted by molar-refractivity contribution is 0.274. The summed E-state index contributed by atoms with van der Waals surface area (Å²) in [5.74, 6) is 0.146. The summed E-state index contributed by atoms with van der Waals surface area (Å²) in [7, 11) is 0. The minimum atomic E-state index is -0.400. The Kier molecular flexibility index (Phi) is 3.65. The van der Waals surface area contributed by atoms with Crippen molar-refractivity contribution in [1.29, 1.82) is 0 Å². The van der Waals surface area contributed by atoms with Gasteiger partial charge in [0.25, 0.3) is 0 Å². The normalized spacial score (nSPS) is 10.3. The van der Waals surface area contributed by atoms with Crippen LogP contribution in [0.1, 0.15) is 5.69 Å². The molecule has 0 aliphatic heterocycles. The summed E-state index contributed by atoms with van der Waals surface area (Å²) in [4.78, 5) is 0. The first-order valence-electron chi connectivity index (χ1n) is 4.75. The maximum absolute atomic E-state index is 13.0. The van der Waals surface area contributed by atoms with Gasteiger partial charge in [-0.2, -0.15) is 0 Å². The Bertz CT molecular complexity index is 519. The lowest BCUT2D eigenvalue weighted by Gasteiger charge is -2.06. The van der Waals surface area contributed by atoms with Crippen LogP contribution in [0.25, 0.3) is 0 Å². The Morgan fingerprint density at radius 1 is 1.24 bits per heavy atom. The van der Waals surface area contributed by atoms with Crippen molar-refractivity contribution in [2.45, 2.75) is 6.61 Å². The molecular formula is C11H8BrFN2O2. The van der Waals surface area contributed by atoms with E-state index >= 15 is 0 Å². The van der Waals surface area contributed by atoms with E-state index in [9.17, 15) is 4.39 Å². The number of halogens is 2. The Labute approximate surface area is 105 Å². The van der Waals surface area contributed by atoms with Gasteiger partial charge in [-0.15, -0.1) is 10.2 Å². The van der Waals surface area contributed by atoms with Crippen LogP contribution in [-0.2, 0) is 6.61 Å². The van der Waals surface area contributed by atoms with Crippen molar-refractivity contribution in [3.05, 3.63) is 46.3 Å². The van der Waals surface area contributed by atoms with Gasteiger partial charge in [0, 0.05) is 12.1 Å². The van der Waals surface area contributed by atoms with Gasteiger partial charge >= 0.3 is 0 Å². The third kappa shape index (κ3) is 2.98. The van der Waals surface area contributed by atoms with E-state index in [0.717, 1.165) is 0 Å². The van der Waals surface area contributed by atoms with Crippen molar-refractivity contribution in [3.8, 4) is 11.6 Å². The van der Waals surface area contributed by atoms with E-state index in [1.165, 1.54) is 12.1 Å². The highest BCUT2D eigenvalue weighted by atomic mass is 79.9. The molecule has 0 fully saturated rings. The highest BCUT2D eigenvalue weighted by Gasteiger charge is 2.05. The number of rotatable bonds is 3. The number of aliphatic hydroxyl groups is 1. The molecule has 0 unspecified atom stereocenters. The quantitative estimate of drug-likeness (QED) is 0.946. The molecule has 0 bridgehead atoms. The second-order valence-electron chi connectivity index (χ2n) is 3.20. The molecule has 2 aromatic rings. The zero-order chi connectivity index (χ0) is 12.3. The van der Waals surface area contributed by atoms with Gasteiger partial charge in [0.05, 0.1) is 16.8 Å². The van der Waals surface area contributed by atoms with Crippen molar-refractivity contribution < 1.29 is 14.2 Å². The lowest BCUT2D eigenvalue weighted by atomic mass is 10.3. The van der Waals surface area contributed by atoms with Gasteiger partial charge in [0.15, 0.2) is 0 Å². The molecule has 88 valence electrons. The van der Waals surface area contributed by atoms with Gasteiger partial charge in [-0.3, -0.25) is 0 Å². The molecule has 0 atom stereocenters. The van der Waals surface area contributed by atoms with Crippen LogP contribution in [0.4, 0.5) is 4.39 Å². The fourth-order valence-corrected chi connectivity index (χ4v) is 1.48. The van der Waals surface area contributed by atoms with Crippen LogP contribution in [0.3, 0.4) is 0 Å². The van der Waals surface area contributed by atoms with Gasteiger partial charge in [-0.1, -0.05) is 0 Å². The van der Waals surface area contributed by atoms with Crippen LogP contribution < -0.4 is 4.74 Å². The Morgan fingerprint density at radius 2 is 2.06 bits per heavy atom. The van der Waals surface area contributed by atoms with Gasteiger partial charge in [-0.25, -0.2) is 4.39 Å². The van der Waals surface area contributed by atoms with Crippen molar-refractivity contribution in [2.75, 3.05) is 0 Å². The summed E-state index contributed by atoms with van der Waals surface area (Å²) in [6.07, 6.45) is 0. The van der Waals surface area contributed by atoms with Crippen molar-refractivity contribution in [1.82, 2.24) is 10.2 Å². The first-order chi connectivity index (χ1) is 8.19. The smallest absolute Gasteiger partial charge is 0.238 e. The highest BCUT2D eigenvalue weighted by Crippen LogP contribution is 2.29. The molecule has 1 N–H and O–H groups in total. The zero-order valence-corrected chi connectivity index (χ0v) is 10.2. The van der Waals surface area contributed by atoms with E-state index in [0.29, 0.717) is 15.9 Å². The number of aliphatic hydroxyl groups excluding tert-OH is 1. The molecule has 0 radical (unpaired) electrons. The molecule has 0 spiro atoms. The Morgan fingerprint density at radius 3 is 2.71 bits per heavy atom. The predicted octanol–water partition coefficient (Wildman–Crippen LogP) is 2.66. The fraction of sp³-hybridized carbons (Fsp3) is 0.0909. The minimum Gasteiger partial charge on any atom is -0.436 e. The largest absolute Gasteiger partial charge is 0.436 e. The maximum atomic E-state index is 13.0. The third-order valence-electron chi connectivity index (χ3n) is 1.97. The molecule has 0 saturated carbocycles. The van der Waals surface area contributed by atoms with Gasteiger partial charge < -0.3 is 9.84 Å². The zero-order valence-electron chi connectivity index (χ0n) is 8.60. The molecule has 1 aromatic heterocycles. The molecule has 17 heavy (non-hydrogen) atoms. The molecular weight excluding hydrogens is 291 g/mol. The average molecular weight is 299 g/mol. The molecule has 4 nitrogen and oxygen atoms in total. The van der Waals surface area contributed by atoms with E-state index in [1.54, 1.807) is 18.2 Å². The lowest BCUT2D eigenvalue weighted by Crippen LogP contribution is -1.95. The topological polar surface area (TPSA) is 55.2 Å². The summed E-state index contributed by atoms with van der Waals surface area (Å²) in [6.45, 7) is -0.184. The van der Waals surface area contributed by atoms with Crippen molar-refractivity contribution >= 4 is 15.9 Å². The van der Waals surface area contributed by atoms with Crippen LogP contribution >= 0.6 is 15.9 Å². The van der Waals surface area contributed by atoms with E-state index in [4.69, 9.17) is 9.84 Å². The second-order valence-corrected chi connectivity index (χ2v) is 4.05. The first-order valence-corrected chi connectivity index (χ1v) is 5.54. The molecule has 0 aliphatic carbocycles. The average Bonchev–Trinajstić information content (AvgIpc) is 2.35. The molecule has 1 heterocycles. The van der Waals surface area contributed by atoms with E-state index < -0.39 is 5.82 Å². The first kappa shape index (κ1) is 11.9. The standard InChI is InChI=1S/C11H8BrFN2O2/c12-9-3-1-7(13)5-10(9)17-11-4-2-8(6-16)14-15-11/h1-5,16H,6H2. The summed E-state index contributed by atoms with van der Waals surface area (Å²) in [5, 5.41) is 16.2. The Balaban J connectivity index is 2.22. The number of ether oxygens (including phenoxy) is 1. The number of aromatic nitrogens is 2. The summed E-state index contributed by atoms with van der Waals surface area (Å²) >= 11 is 3.24. The monoisotopic (exact) mass is 298 g/mol. The number of hydrogen-bond donors (Lipinski definition) is 1.